The number of likely N-dealkylation sites (N-methyl/N-ethyl adjacent to an activating group) is 1. The van der Waals surface area contributed by atoms with Crippen molar-refractivity contribution in [3.63, 3.8) is 0 Å². The first-order valence-corrected chi connectivity index (χ1v) is 6.22. The van der Waals surface area contributed by atoms with Crippen LogP contribution in [0.4, 0.5) is 0 Å². The number of hydrogen-bond donors (Lipinski definition) is 1. The topological polar surface area (TPSA) is 29.9 Å². The quantitative estimate of drug-likeness (QED) is 0.788. The number of nitrogens with one attached hydrogen (secondary N) is 1. The molecule has 1 atom stereocenters. The van der Waals surface area contributed by atoms with Crippen LogP contribution >= 0.6 is 0 Å². The fourth-order valence-corrected chi connectivity index (χ4v) is 2.09. The van der Waals surface area contributed by atoms with Gasteiger partial charge in [-0.15, -0.1) is 11.8 Å². The fourth-order valence-electron chi connectivity index (χ4n) is 2.09. The van der Waals surface area contributed by atoms with Gasteiger partial charge >= 0.3 is 0 Å². The highest BCUT2D eigenvalue weighted by Gasteiger charge is 2.14. The Balaban J connectivity index is 2.80. The second-order valence-electron chi connectivity index (χ2n) is 4.36. The zero-order valence-corrected chi connectivity index (χ0v) is 11.6. The lowest BCUT2D eigenvalue weighted by Gasteiger charge is -2.15. The van der Waals surface area contributed by atoms with Crippen molar-refractivity contribution in [1.82, 2.24) is 15.1 Å². The van der Waals surface area contributed by atoms with Crippen LogP contribution < -0.4 is 5.32 Å². The SMILES string of the molecule is CC#CCC(Cc1c(C)nn(C)c1C)NCC. The van der Waals surface area contributed by atoms with Gasteiger partial charge in [-0.25, -0.2) is 0 Å². The van der Waals surface area contributed by atoms with Crippen molar-refractivity contribution in [3.05, 3.63) is 17.0 Å². The third kappa shape index (κ3) is 3.61. The molecule has 0 radical (unpaired) electrons. The molecule has 0 aliphatic carbocycles. The Bertz CT molecular complexity index is 421. The lowest BCUT2D eigenvalue weighted by Crippen LogP contribution is -2.30. The van der Waals surface area contributed by atoms with Gasteiger partial charge in [0.05, 0.1) is 5.69 Å². The average Bonchev–Trinajstić information content (AvgIpc) is 2.53. The van der Waals surface area contributed by atoms with Crippen molar-refractivity contribution in [2.24, 2.45) is 7.05 Å². The molecule has 1 aromatic rings. The molecule has 94 valence electrons. The van der Waals surface area contributed by atoms with E-state index in [1.807, 2.05) is 18.7 Å². The lowest BCUT2D eigenvalue weighted by atomic mass is 10.0. The molecule has 0 saturated carbocycles. The van der Waals surface area contributed by atoms with E-state index in [2.05, 4.69) is 43.0 Å². The Morgan fingerprint density at radius 2 is 2.12 bits per heavy atom. The highest BCUT2D eigenvalue weighted by Crippen LogP contribution is 2.15. The van der Waals surface area contributed by atoms with Gasteiger partial charge in [0.2, 0.25) is 0 Å². The van der Waals surface area contributed by atoms with Crippen molar-refractivity contribution in [2.45, 2.75) is 46.6 Å². The molecular weight excluding hydrogens is 210 g/mol. The Morgan fingerprint density at radius 1 is 1.41 bits per heavy atom. The molecule has 0 fully saturated rings. The number of rotatable bonds is 5. The number of hydrogen-bond acceptors (Lipinski definition) is 2. The average molecular weight is 233 g/mol. The lowest BCUT2D eigenvalue weighted by molar-refractivity contribution is 0.533. The highest BCUT2D eigenvalue weighted by molar-refractivity contribution is 5.25. The van der Waals surface area contributed by atoms with E-state index in [-0.39, 0.29) is 0 Å². The number of nitrogens with zero attached hydrogens (tertiary/aromatic N) is 2. The van der Waals surface area contributed by atoms with E-state index >= 15 is 0 Å². The Morgan fingerprint density at radius 3 is 2.59 bits per heavy atom. The minimum Gasteiger partial charge on any atom is -0.313 e. The third-order valence-corrected chi connectivity index (χ3v) is 3.13. The van der Waals surface area contributed by atoms with Gasteiger partial charge in [0.1, 0.15) is 0 Å². The molecule has 0 aliphatic heterocycles. The van der Waals surface area contributed by atoms with Crippen LogP contribution in [0.5, 0.6) is 0 Å². The summed E-state index contributed by atoms with van der Waals surface area (Å²) in [7, 11) is 2.00. The molecule has 0 bridgehead atoms. The van der Waals surface area contributed by atoms with Gasteiger partial charge in [0.15, 0.2) is 0 Å². The molecule has 1 unspecified atom stereocenters. The maximum absolute atomic E-state index is 4.46. The molecule has 1 aromatic heterocycles. The van der Waals surface area contributed by atoms with Gasteiger partial charge in [-0.05, 0) is 39.3 Å². The molecular formula is C14H23N3. The van der Waals surface area contributed by atoms with Crippen LogP contribution in [0.25, 0.3) is 0 Å². The third-order valence-electron chi connectivity index (χ3n) is 3.13. The monoisotopic (exact) mass is 233 g/mol. The first-order chi connectivity index (χ1) is 8.10. The predicted molar refractivity (Wildman–Crippen MR) is 71.9 cm³/mol. The van der Waals surface area contributed by atoms with Crippen LogP contribution in [0.2, 0.25) is 0 Å². The van der Waals surface area contributed by atoms with Crippen LogP contribution in [0, 0.1) is 25.7 Å². The van der Waals surface area contributed by atoms with E-state index in [1.54, 1.807) is 0 Å². The molecule has 0 aliphatic rings. The maximum Gasteiger partial charge on any atom is 0.0628 e. The van der Waals surface area contributed by atoms with Gasteiger partial charge < -0.3 is 5.32 Å². The van der Waals surface area contributed by atoms with Gasteiger partial charge in [-0.3, -0.25) is 4.68 Å². The standard InChI is InChI=1S/C14H23N3/c1-6-8-9-13(15-7-2)10-14-11(3)16-17(5)12(14)4/h13,15H,7,9-10H2,1-5H3. The second-order valence-corrected chi connectivity index (χ2v) is 4.36. The van der Waals surface area contributed by atoms with E-state index in [0.29, 0.717) is 6.04 Å². The van der Waals surface area contributed by atoms with Crippen molar-refractivity contribution in [2.75, 3.05) is 6.54 Å². The molecule has 1 N–H and O–H groups in total. The first kappa shape index (κ1) is 13.8. The Hall–Kier alpha value is -1.27. The van der Waals surface area contributed by atoms with Crippen molar-refractivity contribution in [3.8, 4) is 11.8 Å². The summed E-state index contributed by atoms with van der Waals surface area (Å²) < 4.78 is 1.96. The zero-order chi connectivity index (χ0) is 12.8. The van der Waals surface area contributed by atoms with Crippen molar-refractivity contribution in [1.29, 1.82) is 0 Å². The van der Waals surface area contributed by atoms with Gasteiger partial charge in [-0.2, -0.15) is 5.10 Å². The van der Waals surface area contributed by atoms with E-state index in [9.17, 15) is 0 Å². The Kier molecular flexibility index (Phi) is 5.24. The molecule has 17 heavy (non-hydrogen) atoms. The second kappa shape index (κ2) is 6.46. The molecule has 3 nitrogen and oxygen atoms in total. The highest BCUT2D eigenvalue weighted by atomic mass is 15.3. The molecule has 0 aromatic carbocycles. The Labute approximate surface area is 105 Å². The van der Waals surface area contributed by atoms with Crippen molar-refractivity contribution >= 4 is 0 Å². The largest absolute Gasteiger partial charge is 0.313 e. The maximum atomic E-state index is 4.46. The van der Waals surface area contributed by atoms with Crippen LogP contribution in [0.15, 0.2) is 0 Å². The first-order valence-electron chi connectivity index (χ1n) is 6.22. The zero-order valence-electron chi connectivity index (χ0n) is 11.6. The smallest absolute Gasteiger partial charge is 0.0628 e. The molecule has 1 rings (SSSR count). The van der Waals surface area contributed by atoms with Gasteiger partial charge in [0, 0.05) is 25.2 Å². The minimum atomic E-state index is 0.425. The summed E-state index contributed by atoms with van der Waals surface area (Å²) in [5, 5.41) is 7.95. The van der Waals surface area contributed by atoms with E-state index < -0.39 is 0 Å². The molecule has 0 amide bonds. The van der Waals surface area contributed by atoms with Crippen molar-refractivity contribution < 1.29 is 0 Å². The fraction of sp³-hybridized carbons (Fsp3) is 0.643. The molecule has 1 heterocycles. The normalized spacial score (nSPS) is 12.1. The minimum absolute atomic E-state index is 0.425. The van der Waals surface area contributed by atoms with Crippen LogP contribution in [-0.2, 0) is 13.5 Å². The van der Waals surface area contributed by atoms with Gasteiger partial charge in [0.25, 0.3) is 0 Å². The summed E-state index contributed by atoms with van der Waals surface area (Å²) >= 11 is 0. The van der Waals surface area contributed by atoms with Gasteiger partial charge in [-0.1, -0.05) is 6.92 Å². The van der Waals surface area contributed by atoms with Crippen LogP contribution in [0.3, 0.4) is 0 Å². The summed E-state index contributed by atoms with van der Waals surface area (Å²) in [5.74, 6) is 6.13. The number of aromatic nitrogens is 2. The van der Waals surface area contributed by atoms with E-state index in [4.69, 9.17) is 0 Å². The van der Waals surface area contributed by atoms with Crippen LogP contribution in [-0.4, -0.2) is 22.4 Å². The molecule has 0 saturated heterocycles. The predicted octanol–water partition coefficient (Wildman–Crippen LogP) is 1.97. The summed E-state index contributed by atoms with van der Waals surface area (Å²) in [5.41, 5.74) is 3.75. The van der Waals surface area contributed by atoms with E-state index in [1.165, 1.54) is 11.3 Å². The van der Waals surface area contributed by atoms with Crippen LogP contribution in [0.1, 0.15) is 37.2 Å². The summed E-state index contributed by atoms with van der Waals surface area (Å²) in [6, 6.07) is 0.425. The summed E-state index contributed by atoms with van der Waals surface area (Å²) in [4.78, 5) is 0. The summed E-state index contributed by atoms with van der Waals surface area (Å²) in [6.07, 6.45) is 1.91. The van der Waals surface area contributed by atoms with E-state index in [0.717, 1.165) is 25.1 Å². The number of aryl methyl sites for hydroxylation is 2. The molecule has 3 heteroatoms. The summed E-state index contributed by atoms with van der Waals surface area (Å²) in [6.45, 7) is 9.22. The molecule has 0 spiro atoms.